The highest BCUT2D eigenvalue weighted by Gasteiger charge is 2.14. The summed E-state index contributed by atoms with van der Waals surface area (Å²) in [4.78, 5) is 22.3. The van der Waals surface area contributed by atoms with Crippen molar-refractivity contribution in [3.8, 4) is 11.5 Å². The van der Waals surface area contributed by atoms with Gasteiger partial charge in [-0.2, -0.15) is 0 Å². The highest BCUT2D eigenvalue weighted by atomic mass is 16.6. The average Bonchev–Trinajstić information content (AvgIpc) is 2.60. The van der Waals surface area contributed by atoms with E-state index >= 15 is 0 Å². The maximum absolute atomic E-state index is 12.1. The predicted octanol–water partition coefficient (Wildman–Crippen LogP) is 2.80. The van der Waals surface area contributed by atoms with E-state index in [1.54, 1.807) is 38.3 Å². The lowest BCUT2D eigenvalue weighted by atomic mass is 10.2. The topological polar surface area (TPSA) is 90.7 Å². The Morgan fingerprint density at radius 1 is 1.21 bits per heavy atom. The first-order valence-corrected chi connectivity index (χ1v) is 7.32. The molecule has 7 nitrogen and oxygen atoms in total. The number of nitrogens with zero attached hydrogens (tertiary/aromatic N) is 1. The number of nitro benzene ring substituents is 1. The Balaban J connectivity index is 1.89. The second-order valence-corrected chi connectivity index (χ2v) is 5.17. The minimum Gasteiger partial charge on any atom is -0.497 e. The molecule has 2 aromatic rings. The minimum absolute atomic E-state index is 0.121. The van der Waals surface area contributed by atoms with E-state index in [9.17, 15) is 14.9 Å². The summed E-state index contributed by atoms with van der Waals surface area (Å²) in [6.07, 6.45) is 0. The first-order chi connectivity index (χ1) is 11.5. The smallest absolute Gasteiger partial charge is 0.270 e. The molecule has 0 saturated heterocycles. The monoisotopic (exact) mass is 330 g/mol. The van der Waals surface area contributed by atoms with Gasteiger partial charge in [-0.25, -0.2) is 0 Å². The van der Waals surface area contributed by atoms with Crippen molar-refractivity contribution < 1.29 is 19.2 Å². The number of methoxy groups -OCH3 is 1. The zero-order valence-corrected chi connectivity index (χ0v) is 13.4. The van der Waals surface area contributed by atoms with Crippen molar-refractivity contribution in [2.75, 3.05) is 13.7 Å². The first kappa shape index (κ1) is 17.3. The highest BCUT2D eigenvalue weighted by Crippen LogP contribution is 2.17. The van der Waals surface area contributed by atoms with Crippen molar-refractivity contribution in [3.63, 3.8) is 0 Å². The number of hydrogen-bond acceptors (Lipinski definition) is 5. The quantitative estimate of drug-likeness (QED) is 0.622. The molecule has 0 aliphatic heterocycles. The molecule has 126 valence electrons. The molecule has 0 aliphatic rings. The number of nitrogens with one attached hydrogen (secondary N) is 1. The van der Waals surface area contributed by atoms with Gasteiger partial charge in [0, 0.05) is 17.7 Å². The summed E-state index contributed by atoms with van der Waals surface area (Å²) < 4.78 is 10.6. The van der Waals surface area contributed by atoms with Crippen molar-refractivity contribution >= 4 is 11.6 Å². The van der Waals surface area contributed by atoms with Crippen molar-refractivity contribution in [2.24, 2.45) is 0 Å². The molecule has 0 spiro atoms. The van der Waals surface area contributed by atoms with Gasteiger partial charge < -0.3 is 14.8 Å². The van der Waals surface area contributed by atoms with Gasteiger partial charge in [0.15, 0.2) is 0 Å². The molecule has 1 atom stereocenters. The summed E-state index contributed by atoms with van der Waals surface area (Å²) in [6.45, 7) is 2.06. The van der Waals surface area contributed by atoms with Crippen LogP contribution in [0.3, 0.4) is 0 Å². The molecule has 0 bridgehead atoms. The standard InChI is InChI=1S/C17H18N2O5/c1-12(11-24-16-8-6-15(23-2)7-9-16)18-17(20)13-4-3-5-14(10-13)19(21)22/h3-10,12H,11H2,1-2H3,(H,18,20)/t12-/m0/s1. The molecule has 7 heteroatoms. The fraction of sp³-hybridized carbons (Fsp3) is 0.235. The van der Waals surface area contributed by atoms with Gasteiger partial charge in [-0.05, 0) is 37.3 Å². The summed E-state index contributed by atoms with van der Waals surface area (Å²) in [5.41, 5.74) is 0.116. The lowest BCUT2D eigenvalue weighted by Crippen LogP contribution is -2.36. The molecule has 0 aromatic heterocycles. The molecular formula is C17H18N2O5. The van der Waals surface area contributed by atoms with Crippen molar-refractivity contribution in [1.82, 2.24) is 5.32 Å². The van der Waals surface area contributed by atoms with Gasteiger partial charge in [0.2, 0.25) is 0 Å². The molecule has 0 radical (unpaired) electrons. The third kappa shape index (κ3) is 4.70. The van der Waals surface area contributed by atoms with E-state index in [1.807, 2.05) is 0 Å². The summed E-state index contributed by atoms with van der Waals surface area (Å²) >= 11 is 0. The number of benzene rings is 2. The fourth-order valence-corrected chi connectivity index (χ4v) is 2.00. The first-order valence-electron chi connectivity index (χ1n) is 7.32. The number of ether oxygens (including phenoxy) is 2. The molecule has 1 amide bonds. The van der Waals surface area contributed by atoms with Crippen LogP contribution >= 0.6 is 0 Å². The van der Waals surface area contributed by atoms with Crippen LogP contribution in [0.1, 0.15) is 17.3 Å². The molecule has 0 heterocycles. The van der Waals surface area contributed by atoms with E-state index in [0.29, 0.717) is 5.75 Å². The Hall–Kier alpha value is -3.09. The third-order valence-electron chi connectivity index (χ3n) is 3.26. The molecule has 0 aliphatic carbocycles. The molecule has 2 rings (SSSR count). The Bertz CT molecular complexity index is 715. The Morgan fingerprint density at radius 2 is 1.88 bits per heavy atom. The van der Waals surface area contributed by atoms with Crippen molar-refractivity contribution in [2.45, 2.75) is 13.0 Å². The summed E-state index contributed by atoms with van der Waals surface area (Å²) in [7, 11) is 1.58. The van der Waals surface area contributed by atoms with E-state index < -0.39 is 4.92 Å². The molecule has 0 fully saturated rings. The second-order valence-electron chi connectivity index (χ2n) is 5.17. The minimum atomic E-state index is -0.535. The van der Waals surface area contributed by atoms with Gasteiger partial charge in [-0.15, -0.1) is 0 Å². The number of hydrogen-bond donors (Lipinski definition) is 1. The van der Waals surface area contributed by atoms with Gasteiger partial charge in [0.1, 0.15) is 18.1 Å². The molecule has 0 unspecified atom stereocenters. The van der Waals surface area contributed by atoms with Gasteiger partial charge in [0.25, 0.3) is 11.6 Å². The number of rotatable bonds is 7. The van der Waals surface area contributed by atoms with E-state index in [4.69, 9.17) is 9.47 Å². The number of carbonyl (C=O) groups excluding carboxylic acids is 1. The van der Waals surface area contributed by atoms with Gasteiger partial charge in [0.05, 0.1) is 18.1 Å². The maximum atomic E-state index is 12.1. The molecule has 2 aromatic carbocycles. The third-order valence-corrected chi connectivity index (χ3v) is 3.26. The van der Waals surface area contributed by atoms with Crippen LogP contribution < -0.4 is 14.8 Å². The van der Waals surface area contributed by atoms with Crippen LogP contribution in [0.25, 0.3) is 0 Å². The van der Waals surface area contributed by atoms with E-state index in [1.165, 1.54) is 24.3 Å². The van der Waals surface area contributed by atoms with Crippen LogP contribution in [-0.2, 0) is 0 Å². The van der Waals surface area contributed by atoms with Crippen molar-refractivity contribution in [3.05, 3.63) is 64.2 Å². The number of carbonyl (C=O) groups is 1. The van der Waals surface area contributed by atoms with Crippen LogP contribution in [-0.4, -0.2) is 30.6 Å². The lowest BCUT2D eigenvalue weighted by Gasteiger charge is -2.15. The fourth-order valence-electron chi connectivity index (χ4n) is 2.00. The largest absolute Gasteiger partial charge is 0.497 e. The number of non-ortho nitro benzene ring substituents is 1. The Kier molecular flexibility index (Phi) is 5.73. The number of amides is 1. The zero-order chi connectivity index (χ0) is 17.5. The van der Waals surface area contributed by atoms with Crippen LogP contribution in [0.2, 0.25) is 0 Å². The second kappa shape index (κ2) is 7.96. The number of nitro groups is 1. The van der Waals surface area contributed by atoms with E-state index in [2.05, 4.69) is 5.32 Å². The maximum Gasteiger partial charge on any atom is 0.270 e. The Labute approximate surface area is 139 Å². The van der Waals surface area contributed by atoms with Crippen LogP contribution in [0.5, 0.6) is 11.5 Å². The van der Waals surface area contributed by atoms with E-state index in [0.717, 1.165) is 5.75 Å². The predicted molar refractivity (Wildman–Crippen MR) is 88.5 cm³/mol. The van der Waals surface area contributed by atoms with Gasteiger partial charge in [-0.3, -0.25) is 14.9 Å². The molecule has 1 N–H and O–H groups in total. The molecule has 24 heavy (non-hydrogen) atoms. The van der Waals surface area contributed by atoms with Gasteiger partial charge >= 0.3 is 0 Å². The van der Waals surface area contributed by atoms with Crippen LogP contribution in [0, 0.1) is 10.1 Å². The van der Waals surface area contributed by atoms with Crippen LogP contribution in [0.4, 0.5) is 5.69 Å². The summed E-state index contributed by atoms with van der Waals surface area (Å²) in [6, 6.07) is 12.4. The summed E-state index contributed by atoms with van der Waals surface area (Å²) in [5, 5.41) is 13.5. The summed E-state index contributed by atoms with van der Waals surface area (Å²) in [5.74, 6) is 1.01. The normalized spacial score (nSPS) is 11.4. The molecular weight excluding hydrogens is 312 g/mol. The highest BCUT2D eigenvalue weighted by molar-refractivity contribution is 5.94. The Morgan fingerprint density at radius 3 is 2.50 bits per heavy atom. The van der Waals surface area contributed by atoms with Crippen LogP contribution in [0.15, 0.2) is 48.5 Å². The van der Waals surface area contributed by atoms with Crippen molar-refractivity contribution in [1.29, 1.82) is 0 Å². The SMILES string of the molecule is COc1ccc(OC[C@H](C)NC(=O)c2cccc([N+](=O)[O-])c2)cc1. The average molecular weight is 330 g/mol. The van der Waals surface area contributed by atoms with Gasteiger partial charge in [-0.1, -0.05) is 6.07 Å². The van der Waals surface area contributed by atoms with E-state index in [-0.39, 0.29) is 29.8 Å². The lowest BCUT2D eigenvalue weighted by molar-refractivity contribution is -0.384. The zero-order valence-electron chi connectivity index (χ0n) is 13.4. The molecule has 0 saturated carbocycles.